The van der Waals surface area contributed by atoms with Gasteiger partial charge in [0.2, 0.25) is 0 Å². The van der Waals surface area contributed by atoms with Crippen LogP contribution in [0.3, 0.4) is 0 Å². The molecule has 0 fully saturated rings. The van der Waals surface area contributed by atoms with E-state index in [9.17, 15) is 0 Å². The van der Waals surface area contributed by atoms with E-state index >= 15 is 0 Å². The second-order valence-electron chi connectivity index (χ2n) is 0.0833. The van der Waals surface area contributed by atoms with Gasteiger partial charge in [-0.3, -0.25) is 0 Å². The summed E-state index contributed by atoms with van der Waals surface area (Å²) in [5.41, 5.74) is 0. The van der Waals surface area contributed by atoms with Crippen LogP contribution in [0.4, 0.5) is 0 Å². The van der Waals surface area contributed by atoms with Gasteiger partial charge >= 0.3 is 43.3 Å². The third-order valence-corrected chi connectivity index (χ3v) is 0. The molecule has 0 heterocycles. The van der Waals surface area contributed by atoms with Crippen molar-refractivity contribution in [3.63, 3.8) is 0 Å². The van der Waals surface area contributed by atoms with Crippen LogP contribution in [-0.4, -0.2) is 17.6 Å². The monoisotopic (exact) mass is 158 g/mol. The second kappa shape index (κ2) is 9.13. The molecular weight excluding hydrogens is 152 g/mol. The summed E-state index contributed by atoms with van der Waals surface area (Å²) in [6, 6.07) is 0. The van der Waals surface area contributed by atoms with Gasteiger partial charge < -0.3 is 0 Å². The van der Waals surface area contributed by atoms with Gasteiger partial charge in [0, 0.05) is 0 Å². The van der Waals surface area contributed by atoms with E-state index in [1.54, 1.807) is 0 Å². The van der Waals surface area contributed by atoms with Crippen LogP contribution in [0.2, 0.25) is 0 Å². The van der Waals surface area contributed by atoms with Crippen LogP contribution in [0.25, 0.3) is 0 Å². The maximum absolute atomic E-state index is 8.50. The van der Waals surface area contributed by atoms with Crippen molar-refractivity contribution in [3.05, 3.63) is 0 Å². The summed E-state index contributed by atoms with van der Waals surface area (Å²) >= 11 is -2.00. The molecule has 0 N–H and O–H groups in total. The fourth-order valence-electron chi connectivity index (χ4n) is 0. The summed E-state index contributed by atoms with van der Waals surface area (Å²) < 4.78 is 17.0. The van der Waals surface area contributed by atoms with Crippen LogP contribution in [-0.2, 0) is 25.7 Å². The van der Waals surface area contributed by atoms with Crippen LogP contribution < -0.4 is 0 Å². The van der Waals surface area contributed by atoms with E-state index in [1.165, 1.54) is 0 Å². The minimum absolute atomic E-state index is 0. The number of rotatable bonds is 0. The minimum atomic E-state index is -2.00. The van der Waals surface area contributed by atoms with Gasteiger partial charge in [-0.25, -0.2) is 0 Å². The van der Waals surface area contributed by atoms with Crippen molar-refractivity contribution in [1.82, 2.24) is 0 Å². The molecule has 0 spiro atoms. The average Bonchev–Trinajstić information content (AvgIpc) is 0.918. The molecule has 0 rings (SSSR count). The molecule has 0 saturated heterocycles. The van der Waals surface area contributed by atoms with Crippen LogP contribution in [0, 0.1) is 0 Å². The molecule has 0 aliphatic rings. The summed E-state index contributed by atoms with van der Waals surface area (Å²) in [5, 5.41) is 0. The van der Waals surface area contributed by atoms with E-state index < -0.39 is 19.1 Å². The molecule has 0 aliphatic heterocycles. The molecule has 4 heteroatoms. The Balaban J connectivity index is 0. The molecule has 0 amide bonds. The SMILES string of the molecule is [GeH4].[O]=[Ti]=[O]. The molecular formula is H4GeO2Ti. The summed E-state index contributed by atoms with van der Waals surface area (Å²) in [6.45, 7) is 0. The molecule has 0 aromatic heterocycles. The normalized spacial score (nSPS) is 2.00. The van der Waals surface area contributed by atoms with Gasteiger partial charge in [0.05, 0.1) is 0 Å². The van der Waals surface area contributed by atoms with Gasteiger partial charge in [-0.2, -0.15) is 0 Å². The average molecular weight is 157 g/mol. The summed E-state index contributed by atoms with van der Waals surface area (Å²) in [5.74, 6) is 0. The fourth-order valence-corrected chi connectivity index (χ4v) is 0. The Morgan fingerprint density at radius 1 is 1.25 bits per heavy atom. The molecule has 0 atom stereocenters. The molecule has 0 aromatic rings. The van der Waals surface area contributed by atoms with Crippen molar-refractivity contribution in [2.45, 2.75) is 0 Å². The van der Waals surface area contributed by atoms with Crippen molar-refractivity contribution in [1.29, 1.82) is 0 Å². The van der Waals surface area contributed by atoms with Crippen molar-refractivity contribution in [2.75, 3.05) is 0 Å². The zero-order valence-corrected chi connectivity index (χ0v) is 2.88. The Bertz CT molecular complexity index is 27.0. The van der Waals surface area contributed by atoms with Crippen molar-refractivity contribution in [2.24, 2.45) is 0 Å². The molecule has 0 bridgehead atoms. The number of hydrogen-bond acceptors (Lipinski definition) is 2. The van der Waals surface area contributed by atoms with E-state index in [-0.39, 0.29) is 17.6 Å². The van der Waals surface area contributed by atoms with Crippen LogP contribution in [0.15, 0.2) is 0 Å². The Labute approximate surface area is 43.5 Å². The van der Waals surface area contributed by atoms with Crippen molar-refractivity contribution in [3.8, 4) is 0 Å². The van der Waals surface area contributed by atoms with Gasteiger partial charge in [0.1, 0.15) is 0 Å². The summed E-state index contributed by atoms with van der Waals surface area (Å²) in [6.07, 6.45) is 0. The van der Waals surface area contributed by atoms with Crippen molar-refractivity contribution >= 4 is 17.6 Å². The first-order valence-corrected chi connectivity index (χ1v) is 1.68. The van der Waals surface area contributed by atoms with Gasteiger partial charge in [-0.1, -0.05) is 0 Å². The molecule has 0 aromatic carbocycles. The fraction of sp³-hybridized carbons (Fsp3) is 0. The molecule has 0 saturated carbocycles. The first-order chi connectivity index (χ1) is 1.41. The molecule has 4 heavy (non-hydrogen) atoms. The van der Waals surface area contributed by atoms with Gasteiger partial charge in [-0.05, 0) is 0 Å². The zero-order chi connectivity index (χ0) is 2.71. The van der Waals surface area contributed by atoms with Gasteiger partial charge in [-0.15, -0.1) is 0 Å². The summed E-state index contributed by atoms with van der Waals surface area (Å²) in [4.78, 5) is 0. The topological polar surface area (TPSA) is 34.1 Å². The van der Waals surface area contributed by atoms with Crippen LogP contribution in [0.5, 0.6) is 0 Å². The van der Waals surface area contributed by atoms with E-state index in [2.05, 4.69) is 0 Å². The molecule has 0 aliphatic carbocycles. The first-order valence-electron chi connectivity index (χ1n) is 0.408. The third kappa shape index (κ3) is 13.4. The van der Waals surface area contributed by atoms with E-state index in [4.69, 9.17) is 6.65 Å². The Hall–Kier alpha value is 0.857. The van der Waals surface area contributed by atoms with Crippen molar-refractivity contribution < 1.29 is 25.7 Å². The summed E-state index contributed by atoms with van der Waals surface area (Å²) in [7, 11) is 0. The van der Waals surface area contributed by atoms with E-state index in [0.29, 0.717) is 0 Å². The second-order valence-corrected chi connectivity index (χ2v) is 0.344. The Kier molecular flexibility index (Phi) is 20.2. The van der Waals surface area contributed by atoms with E-state index in [1.807, 2.05) is 0 Å². The van der Waals surface area contributed by atoms with Gasteiger partial charge in [0.15, 0.2) is 0 Å². The molecule has 2 nitrogen and oxygen atoms in total. The zero-order valence-electron chi connectivity index (χ0n) is 1.32. The Morgan fingerprint density at radius 3 is 1.25 bits per heavy atom. The van der Waals surface area contributed by atoms with Crippen LogP contribution >= 0.6 is 0 Å². The van der Waals surface area contributed by atoms with E-state index in [0.717, 1.165) is 0 Å². The molecule has 0 radical (unpaired) electrons. The third-order valence-electron chi connectivity index (χ3n) is 0. The van der Waals surface area contributed by atoms with Gasteiger partial charge in [0.25, 0.3) is 0 Å². The standard InChI is InChI=1S/GeH4.2O.Ti/h1H4;;;. The number of hydrogen-bond donors (Lipinski definition) is 0. The van der Waals surface area contributed by atoms with Crippen LogP contribution in [0.1, 0.15) is 0 Å². The predicted molar refractivity (Wildman–Crippen MR) is 12.7 cm³/mol. The maximum atomic E-state index is 8.50. The first kappa shape index (κ1) is 8.85. The Morgan fingerprint density at radius 2 is 1.25 bits per heavy atom. The quantitative estimate of drug-likeness (QED) is 0.392. The molecule has 24 valence electrons. The molecule has 0 unspecified atom stereocenters. The predicted octanol–water partition coefficient (Wildman–Crippen LogP) is -1.69.